The van der Waals surface area contributed by atoms with Crippen molar-refractivity contribution in [2.75, 3.05) is 27.4 Å². The van der Waals surface area contributed by atoms with Crippen LogP contribution < -0.4 is 29.1 Å². The van der Waals surface area contributed by atoms with Crippen molar-refractivity contribution in [3.05, 3.63) is 97.2 Å². The predicted octanol–water partition coefficient (Wildman–Crippen LogP) is 3.38. The molecule has 0 saturated carbocycles. The van der Waals surface area contributed by atoms with E-state index < -0.39 is 12.0 Å². The second-order valence-electron chi connectivity index (χ2n) is 8.09. The average Bonchev–Trinajstić information content (AvgIpc) is 3.21. The number of carbonyl (C=O) groups is 1. The van der Waals surface area contributed by atoms with Crippen LogP contribution in [0.3, 0.4) is 0 Å². The highest BCUT2D eigenvalue weighted by atomic mass is 32.1. The Bertz CT molecular complexity index is 1530. The number of rotatable bonds is 9. The molecule has 0 aliphatic carbocycles. The van der Waals surface area contributed by atoms with Crippen molar-refractivity contribution in [3.8, 4) is 17.2 Å². The lowest BCUT2D eigenvalue weighted by Gasteiger charge is -2.24. The second-order valence-corrected chi connectivity index (χ2v) is 9.09. The molecule has 1 aliphatic rings. The molecule has 0 amide bonds. The molecule has 2 heterocycles. The molecule has 0 fully saturated rings. The fraction of sp³-hybridized carbons (Fsp3) is 0.250. The number of carbonyl (C=O) groups excluding carboxylic acids is 1. The summed E-state index contributed by atoms with van der Waals surface area (Å²) in [4.78, 5) is 31.9. The normalized spacial score (nSPS) is 15.0. The average molecular weight is 521 g/mol. The highest BCUT2D eigenvalue weighted by Crippen LogP contribution is 2.32. The monoisotopic (exact) mass is 520 g/mol. The maximum Gasteiger partial charge on any atom is 0.338 e. The second kappa shape index (κ2) is 11.3. The van der Waals surface area contributed by atoms with Gasteiger partial charge in [0.05, 0.1) is 42.7 Å². The Morgan fingerprint density at radius 1 is 1.14 bits per heavy atom. The highest BCUT2D eigenvalue weighted by Gasteiger charge is 2.33. The summed E-state index contributed by atoms with van der Waals surface area (Å²) in [5.41, 5.74) is 2.03. The Morgan fingerprint density at radius 3 is 2.54 bits per heavy atom. The van der Waals surface area contributed by atoms with Gasteiger partial charge >= 0.3 is 5.97 Å². The standard InChI is InChI=1S/C28H28N2O6S/c1-6-14-36-27(32)24-17(3)29-28-30(25(24)19-9-11-20(33-4)12-10-19)26(31)23(37-28)16-18-8-13-21(35-7-2)22(15-18)34-5/h6,8-13,15-16,25H,1,7,14H2,2-5H3/b23-16+. The smallest absolute Gasteiger partial charge is 0.338 e. The van der Waals surface area contributed by atoms with Gasteiger partial charge in [0, 0.05) is 0 Å². The lowest BCUT2D eigenvalue weighted by molar-refractivity contribution is -0.138. The number of thiazole rings is 1. The lowest BCUT2D eigenvalue weighted by atomic mass is 9.96. The van der Waals surface area contributed by atoms with Gasteiger partial charge in [-0.1, -0.05) is 42.2 Å². The number of hydrogen-bond donors (Lipinski definition) is 0. The van der Waals surface area contributed by atoms with Gasteiger partial charge in [0.2, 0.25) is 0 Å². The summed E-state index contributed by atoms with van der Waals surface area (Å²) in [5.74, 6) is 1.31. The van der Waals surface area contributed by atoms with E-state index in [9.17, 15) is 9.59 Å². The van der Waals surface area contributed by atoms with E-state index in [1.807, 2.05) is 37.3 Å². The summed E-state index contributed by atoms with van der Waals surface area (Å²) in [6.45, 7) is 7.82. The molecule has 2 aromatic carbocycles. The Balaban J connectivity index is 1.88. The lowest BCUT2D eigenvalue weighted by Crippen LogP contribution is -2.39. The van der Waals surface area contributed by atoms with E-state index in [4.69, 9.17) is 18.9 Å². The van der Waals surface area contributed by atoms with Crippen LogP contribution in [-0.4, -0.2) is 38.0 Å². The van der Waals surface area contributed by atoms with Gasteiger partial charge in [0.25, 0.3) is 5.56 Å². The molecule has 37 heavy (non-hydrogen) atoms. The van der Waals surface area contributed by atoms with Crippen molar-refractivity contribution in [2.45, 2.75) is 19.9 Å². The topological polar surface area (TPSA) is 88.4 Å². The third-order valence-corrected chi connectivity index (χ3v) is 6.77. The maximum atomic E-state index is 13.7. The van der Waals surface area contributed by atoms with Gasteiger partial charge in [-0.3, -0.25) is 9.36 Å². The van der Waals surface area contributed by atoms with Crippen LogP contribution in [0.2, 0.25) is 0 Å². The molecule has 3 aromatic rings. The van der Waals surface area contributed by atoms with Gasteiger partial charge < -0.3 is 18.9 Å². The quantitative estimate of drug-likeness (QED) is 0.318. The van der Waals surface area contributed by atoms with Crippen molar-refractivity contribution in [1.82, 2.24) is 4.57 Å². The van der Waals surface area contributed by atoms with Crippen molar-refractivity contribution in [3.63, 3.8) is 0 Å². The van der Waals surface area contributed by atoms with Gasteiger partial charge in [-0.25, -0.2) is 9.79 Å². The van der Waals surface area contributed by atoms with Crippen LogP contribution in [0.5, 0.6) is 17.2 Å². The third kappa shape index (κ3) is 5.22. The summed E-state index contributed by atoms with van der Waals surface area (Å²) in [5, 5.41) is 0. The number of allylic oxidation sites excluding steroid dienone is 1. The largest absolute Gasteiger partial charge is 0.497 e. The van der Waals surface area contributed by atoms with E-state index in [1.165, 1.54) is 17.4 Å². The van der Waals surface area contributed by atoms with Gasteiger partial charge in [-0.2, -0.15) is 0 Å². The zero-order chi connectivity index (χ0) is 26.5. The fourth-order valence-corrected chi connectivity index (χ4v) is 5.14. The van der Waals surface area contributed by atoms with Crippen molar-refractivity contribution in [2.24, 2.45) is 4.99 Å². The van der Waals surface area contributed by atoms with E-state index in [0.29, 0.717) is 44.5 Å². The van der Waals surface area contributed by atoms with Crippen LogP contribution in [-0.2, 0) is 9.53 Å². The molecule has 0 radical (unpaired) electrons. The third-order valence-electron chi connectivity index (χ3n) is 5.79. The number of esters is 1. The number of aromatic nitrogens is 1. The zero-order valence-corrected chi connectivity index (χ0v) is 22.0. The van der Waals surface area contributed by atoms with Gasteiger partial charge in [0.15, 0.2) is 16.3 Å². The van der Waals surface area contributed by atoms with Crippen molar-refractivity contribution < 1.29 is 23.7 Å². The van der Waals surface area contributed by atoms with Gasteiger partial charge in [-0.05, 0) is 55.3 Å². The highest BCUT2D eigenvalue weighted by molar-refractivity contribution is 7.07. The van der Waals surface area contributed by atoms with Crippen LogP contribution in [0.15, 0.2) is 76.2 Å². The van der Waals surface area contributed by atoms with Crippen LogP contribution in [0.25, 0.3) is 6.08 Å². The van der Waals surface area contributed by atoms with Crippen LogP contribution in [0.4, 0.5) is 0 Å². The molecule has 0 saturated heterocycles. The van der Waals surface area contributed by atoms with Gasteiger partial charge in [-0.15, -0.1) is 0 Å². The molecule has 1 aliphatic heterocycles. The number of ether oxygens (including phenoxy) is 4. The van der Waals surface area contributed by atoms with Crippen LogP contribution in [0.1, 0.15) is 31.0 Å². The van der Waals surface area contributed by atoms with Crippen LogP contribution >= 0.6 is 11.3 Å². The Kier molecular flexibility index (Phi) is 7.93. The molecule has 0 spiro atoms. The van der Waals surface area contributed by atoms with E-state index in [1.54, 1.807) is 43.9 Å². The molecule has 8 nitrogen and oxygen atoms in total. The maximum absolute atomic E-state index is 13.7. The summed E-state index contributed by atoms with van der Waals surface area (Å²) in [6, 6.07) is 12.0. The Labute approximate surface area is 218 Å². The Morgan fingerprint density at radius 2 is 1.89 bits per heavy atom. The first-order chi connectivity index (χ1) is 17.9. The minimum Gasteiger partial charge on any atom is -0.497 e. The van der Waals surface area contributed by atoms with Crippen LogP contribution in [0, 0.1) is 0 Å². The molecule has 4 rings (SSSR count). The SMILES string of the molecule is C=CCOC(=O)C1=C(C)N=c2s/c(=C/c3ccc(OCC)c(OC)c3)c(=O)n2C1c1ccc(OC)cc1. The van der Waals surface area contributed by atoms with E-state index in [0.717, 1.165) is 11.1 Å². The number of hydrogen-bond acceptors (Lipinski definition) is 8. The molecular weight excluding hydrogens is 492 g/mol. The molecule has 0 bridgehead atoms. The number of benzene rings is 2. The molecule has 1 atom stereocenters. The summed E-state index contributed by atoms with van der Waals surface area (Å²) < 4.78 is 23.7. The molecule has 192 valence electrons. The number of fused-ring (bicyclic) bond motifs is 1. The Hall–Kier alpha value is -4.11. The summed E-state index contributed by atoms with van der Waals surface area (Å²) in [7, 11) is 3.15. The van der Waals surface area contributed by atoms with Gasteiger partial charge in [0.1, 0.15) is 12.4 Å². The molecule has 9 heteroatoms. The van der Waals surface area contributed by atoms with Crippen molar-refractivity contribution >= 4 is 23.4 Å². The summed E-state index contributed by atoms with van der Waals surface area (Å²) in [6.07, 6.45) is 3.28. The van der Waals surface area contributed by atoms with E-state index >= 15 is 0 Å². The number of methoxy groups -OCH3 is 2. The minimum atomic E-state index is -0.712. The first-order valence-electron chi connectivity index (χ1n) is 11.7. The molecule has 1 unspecified atom stereocenters. The minimum absolute atomic E-state index is 0.0505. The molecule has 1 aromatic heterocycles. The van der Waals surface area contributed by atoms with E-state index in [2.05, 4.69) is 11.6 Å². The number of nitrogens with zero attached hydrogens (tertiary/aromatic N) is 2. The van der Waals surface area contributed by atoms with E-state index in [-0.39, 0.29) is 12.2 Å². The molecular formula is C28H28N2O6S. The fourth-order valence-electron chi connectivity index (χ4n) is 4.10. The summed E-state index contributed by atoms with van der Waals surface area (Å²) >= 11 is 1.26. The zero-order valence-electron chi connectivity index (χ0n) is 21.1. The first kappa shape index (κ1) is 26.0. The predicted molar refractivity (Wildman–Crippen MR) is 142 cm³/mol. The van der Waals surface area contributed by atoms with Crippen molar-refractivity contribution in [1.29, 1.82) is 0 Å². The molecule has 0 N–H and O–H groups in total. The first-order valence-corrected chi connectivity index (χ1v) is 12.5.